The third kappa shape index (κ3) is 2.18. The van der Waals surface area contributed by atoms with Gasteiger partial charge < -0.3 is 4.52 Å². The van der Waals surface area contributed by atoms with Gasteiger partial charge in [0.25, 0.3) is 0 Å². The molecule has 1 unspecified atom stereocenters. The first-order chi connectivity index (χ1) is 8.76. The average Bonchev–Trinajstić information content (AvgIpc) is 2.88. The zero-order valence-electron chi connectivity index (χ0n) is 10.6. The molecule has 3 saturated heterocycles. The van der Waals surface area contributed by atoms with Crippen LogP contribution >= 0.6 is 0 Å². The lowest BCUT2D eigenvalue weighted by Crippen LogP contribution is -2.57. The summed E-state index contributed by atoms with van der Waals surface area (Å²) in [6.45, 7) is 7.23. The van der Waals surface area contributed by atoms with Crippen LogP contribution in [0.3, 0.4) is 0 Å². The smallest absolute Gasteiger partial charge is 0.234 e. The van der Waals surface area contributed by atoms with E-state index in [-0.39, 0.29) is 18.2 Å². The third-order valence-electron chi connectivity index (χ3n) is 3.80. The first kappa shape index (κ1) is 11.8. The molecule has 6 heteroatoms. The van der Waals surface area contributed by atoms with Gasteiger partial charge in [-0.3, -0.25) is 14.6 Å². The predicted octanol–water partition coefficient (Wildman–Crippen LogP) is 0.264. The molecule has 1 aromatic rings. The molecule has 4 rings (SSSR count). The molecule has 98 valence electrons. The van der Waals surface area contributed by atoms with Crippen molar-refractivity contribution in [3.8, 4) is 0 Å². The van der Waals surface area contributed by atoms with Crippen LogP contribution < -0.4 is 0 Å². The highest BCUT2D eigenvalue weighted by molar-refractivity contribution is 5.79. The molecule has 0 aromatic carbocycles. The largest absolute Gasteiger partial charge is 0.339 e. The normalized spacial score (nSPS) is 30.6. The van der Waals surface area contributed by atoms with E-state index in [0.29, 0.717) is 12.3 Å². The molecule has 0 amide bonds. The maximum atomic E-state index is 11.3. The Balaban J connectivity index is 1.71. The van der Waals surface area contributed by atoms with Crippen LogP contribution in [-0.2, 0) is 11.2 Å². The molecule has 3 aliphatic rings. The zero-order valence-corrected chi connectivity index (χ0v) is 10.6. The lowest BCUT2D eigenvalue weighted by molar-refractivity contribution is -0.118. The Hall–Kier alpha value is -1.27. The van der Waals surface area contributed by atoms with Gasteiger partial charge in [0.15, 0.2) is 5.82 Å². The summed E-state index contributed by atoms with van der Waals surface area (Å²) in [5, 5.41) is 4.04. The molecule has 0 radical (unpaired) electrons. The van der Waals surface area contributed by atoms with E-state index in [1.807, 2.05) is 6.92 Å². The summed E-state index contributed by atoms with van der Waals surface area (Å²) < 4.78 is 5.17. The van der Waals surface area contributed by atoms with Gasteiger partial charge in [0.2, 0.25) is 5.89 Å². The van der Waals surface area contributed by atoms with Crippen LogP contribution in [0.5, 0.6) is 0 Å². The number of nitrogens with zero attached hydrogens (tertiary/aromatic N) is 4. The van der Waals surface area contributed by atoms with Crippen LogP contribution in [0.1, 0.15) is 31.1 Å². The highest BCUT2D eigenvalue weighted by Crippen LogP contribution is 2.26. The van der Waals surface area contributed by atoms with E-state index < -0.39 is 0 Å². The Kier molecular flexibility index (Phi) is 3.13. The second kappa shape index (κ2) is 4.78. The van der Waals surface area contributed by atoms with E-state index in [2.05, 4.69) is 19.9 Å². The number of hydrogen-bond acceptors (Lipinski definition) is 6. The van der Waals surface area contributed by atoms with E-state index in [1.165, 1.54) is 0 Å². The summed E-state index contributed by atoms with van der Waals surface area (Å²) in [5.74, 6) is 1.33. The summed E-state index contributed by atoms with van der Waals surface area (Å²) >= 11 is 0. The third-order valence-corrected chi connectivity index (χ3v) is 3.80. The van der Waals surface area contributed by atoms with Crippen molar-refractivity contribution in [2.24, 2.45) is 0 Å². The summed E-state index contributed by atoms with van der Waals surface area (Å²) in [4.78, 5) is 20.5. The highest BCUT2D eigenvalue weighted by Gasteiger charge is 2.35. The Morgan fingerprint density at radius 2 is 2.17 bits per heavy atom. The van der Waals surface area contributed by atoms with Crippen molar-refractivity contribution in [3.05, 3.63) is 11.7 Å². The fourth-order valence-corrected chi connectivity index (χ4v) is 2.63. The summed E-state index contributed by atoms with van der Waals surface area (Å²) in [6.07, 6.45) is 0.779. The van der Waals surface area contributed by atoms with Gasteiger partial charge in [0, 0.05) is 39.1 Å². The Morgan fingerprint density at radius 3 is 2.78 bits per heavy atom. The number of piperazine rings is 3. The zero-order chi connectivity index (χ0) is 12.5. The van der Waals surface area contributed by atoms with Crippen molar-refractivity contribution in [2.45, 2.75) is 25.8 Å². The number of rotatable bonds is 4. The molecule has 0 aliphatic carbocycles. The van der Waals surface area contributed by atoms with E-state index in [0.717, 1.165) is 38.5 Å². The van der Waals surface area contributed by atoms with Crippen LogP contribution in [0.25, 0.3) is 0 Å². The molecule has 0 spiro atoms. The number of Topliss-reactive ketones (excluding diaryl/α,β-unsaturated/α-hetero) is 1. The minimum Gasteiger partial charge on any atom is -0.339 e. The van der Waals surface area contributed by atoms with E-state index >= 15 is 0 Å². The van der Waals surface area contributed by atoms with Gasteiger partial charge in [-0.25, -0.2) is 0 Å². The van der Waals surface area contributed by atoms with Crippen LogP contribution in [-0.4, -0.2) is 58.4 Å². The second-order valence-electron chi connectivity index (χ2n) is 4.97. The predicted molar refractivity (Wildman–Crippen MR) is 64.1 cm³/mol. The molecule has 1 aromatic heterocycles. The molecular weight excluding hydrogens is 232 g/mol. The first-order valence-electron chi connectivity index (χ1n) is 6.57. The summed E-state index contributed by atoms with van der Waals surface area (Å²) in [5.41, 5.74) is 0. The number of hydrogen-bond donors (Lipinski definition) is 0. The fraction of sp³-hybridized carbons (Fsp3) is 0.750. The maximum Gasteiger partial charge on any atom is 0.234 e. The molecule has 6 nitrogen and oxygen atoms in total. The molecule has 18 heavy (non-hydrogen) atoms. The van der Waals surface area contributed by atoms with Crippen LogP contribution in [0.15, 0.2) is 4.52 Å². The van der Waals surface area contributed by atoms with Gasteiger partial charge in [0.05, 0.1) is 12.5 Å². The van der Waals surface area contributed by atoms with Crippen molar-refractivity contribution in [2.75, 3.05) is 32.7 Å². The van der Waals surface area contributed by atoms with Crippen molar-refractivity contribution >= 4 is 5.78 Å². The minimum atomic E-state index is 0.138. The molecule has 4 heterocycles. The number of carbonyl (C=O) groups excluding carboxylic acids is 1. The number of aromatic nitrogens is 2. The first-order valence-corrected chi connectivity index (χ1v) is 6.57. The van der Waals surface area contributed by atoms with Crippen molar-refractivity contribution in [3.63, 3.8) is 0 Å². The van der Waals surface area contributed by atoms with Gasteiger partial charge >= 0.3 is 0 Å². The minimum absolute atomic E-state index is 0.138. The molecule has 0 N–H and O–H groups in total. The highest BCUT2D eigenvalue weighted by atomic mass is 16.5. The van der Waals surface area contributed by atoms with Crippen molar-refractivity contribution in [1.29, 1.82) is 0 Å². The van der Waals surface area contributed by atoms with Crippen molar-refractivity contribution in [1.82, 2.24) is 19.9 Å². The van der Waals surface area contributed by atoms with Gasteiger partial charge in [-0.2, -0.15) is 4.98 Å². The molecule has 3 fully saturated rings. The Morgan fingerprint density at radius 1 is 1.39 bits per heavy atom. The molecular formula is C12H18N4O2. The fourth-order valence-electron chi connectivity index (χ4n) is 2.63. The Bertz CT molecular complexity index is 437. The van der Waals surface area contributed by atoms with Gasteiger partial charge in [-0.1, -0.05) is 12.1 Å². The average molecular weight is 250 g/mol. The van der Waals surface area contributed by atoms with Gasteiger partial charge in [-0.05, 0) is 0 Å². The monoisotopic (exact) mass is 250 g/mol. The lowest BCUT2D eigenvalue weighted by Gasteiger charge is -2.46. The number of ketones is 1. The van der Waals surface area contributed by atoms with E-state index in [4.69, 9.17) is 4.52 Å². The molecule has 3 aliphatic heterocycles. The quantitative estimate of drug-likeness (QED) is 0.764. The molecule has 2 bridgehead atoms. The van der Waals surface area contributed by atoms with Crippen LogP contribution in [0.4, 0.5) is 0 Å². The standard InChI is InChI=1S/C12H18N4O2/c1-2-9(17)7-11-13-12(14-18-11)10-8-15-3-5-16(10)6-4-15/h10H,2-8H2,1H3. The van der Waals surface area contributed by atoms with Gasteiger partial charge in [0.1, 0.15) is 5.78 Å². The Labute approximate surface area is 106 Å². The molecule has 1 atom stereocenters. The van der Waals surface area contributed by atoms with E-state index in [9.17, 15) is 4.79 Å². The van der Waals surface area contributed by atoms with Crippen molar-refractivity contribution < 1.29 is 9.32 Å². The number of fused-ring (bicyclic) bond motifs is 3. The van der Waals surface area contributed by atoms with Gasteiger partial charge in [-0.15, -0.1) is 0 Å². The van der Waals surface area contributed by atoms with Crippen LogP contribution in [0.2, 0.25) is 0 Å². The van der Waals surface area contributed by atoms with Crippen LogP contribution in [0, 0.1) is 0 Å². The molecule has 0 saturated carbocycles. The summed E-state index contributed by atoms with van der Waals surface area (Å²) in [7, 11) is 0. The topological polar surface area (TPSA) is 62.5 Å². The summed E-state index contributed by atoms with van der Waals surface area (Å²) in [6, 6.07) is 0.238. The number of carbonyl (C=O) groups is 1. The second-order valence-corrected chi connectivity index (χ2v) is 4.97. The van der Waals surface area contributed by atoms with E-state index in [1.54, 1.807) is 0 Å². The SMILES string of the molecule is CCC(=O)Cc1nc(C2CN3CCN2CC3)no1. The maximum absolute atomic E-state index is 11.3. The lowest BCUT2D eigenvalue weighted by atomic mass is 10.1.